The number of aromatic nitrogens is 2. The highest BCUT2D eigenvalue weighted by Gasteiger charge is 2.12. The van der Waals surface area contributed by atoms with Gasteiger partial charge in [0.2, 0.25) is 0 Å². The zero-order valence-electron chi connectivity index (χ0n) is 6.79. The maximum Gasteiger partial charge on any atom is 0.160 e. The second-order valence-corrected chi connectivity index (χ2v) is 3.52. The summed E-state index contributed by atoms with van der Waals surface area (Å²) in [5.41, 5.74) is 0. The van der Waals surface area contributed by atoms with Crippen LogP contribution in [-0.4, -0.2) is 27.9 Å². The van der Waals surface area contributed by atoms with Gasteiger partial charge < -0.3 is 10.6 Å². The number of rotatable bonds is 2. The highest BCUT2D eigenvalue weighted by Crippen LogP contribution is 2.10. The number of hydrogen-bond acceptors (Lipinski definition) is 5. The molecule has 0 atom stereocenters. The van der Waals surface area contributed by atoms with Crippen molar-refractivity contribution in [2.24, 2.45) is 0 Å². The molecule has 0 bridgehead atoms. The second-order valence-electron chi connectivity index (χ2n) is 2.96. The van der Waals surface area contributed by atoms with Crippen molar-refractivity contribution in [1.82, 2.24) is 14.1 Å². The van der Waals surface area contributed by atoms with Crippen LogP contribution in [-0.2, 0) is 0 Å². The molecule has 0 amide bonds. The minimum absolute atomic E-state index is 0.579. The Hall–Kier alpha value is -0.680. The van der Waals surface area contributed by atoms with Gasteiger partial charge in [0, 0.05) is 6.04 Å². The Morgan fingerprint density at radius 3 is 3.00 bits per heavy atom. The molecule has 1 aromatic heterocycles. The van der Waals surface area contributed by atoms with Crippen LogP contribution < -0.4 is 10.6 Å². The minimum atomic E-state index is 0.579. The van der Waals surface area contributed by atoms with E-state index in [0.717, 1.165) is 18.9 Å². The number of anilines is 1. The molecule has 1 aliphatic heterocycles. The molecule has 1 aliphatic rings. The van der Waals surface area contributed by atoms with Crippen LogP contribution in [0.5, 0.6) is 0 Å². The lowest BCUT2D eigenvalue weighted by Gasteiger charge is -2.23. The van der Waals surface area contributed by atoms with Gasteiger partial charge in [-0.1, -0.05) is 0 Å². The van der Waals surface area contributed by atoms with Gasteiger partial charge in [0.1, 0.15) is 0 Å². The molecule has 1 aromatic rings. The molecule has 0 saturated carbocycles. The van der Waals surface area contributed by atoms with Crippen LogP contribution >= 0.6 is 11.7 Å². The maximum absolute atomic E-state index is 4.11. The number of nitrogens with one attached hydrogen (secondary N) is 2. The highest BCUT2D eigenvalue weighted by molar-refractivity contribution is 6.99. The molecule has 2 N–H and O–H groups in total. The number of nitrogens with zero attached hydrogens (tertiary/aromatic N) is 2. The van der Waals surface area contributed by atoms with Crippen LogP contribution in [0.2, 0.25) is 0 Å². The summed E-state index contributed by atoms with van der Waals surface area (Å²) < 4.78 is 8.05. The summed E-state index contributed by atoms with van der Waals surface area (Å²) in [6.07, 6.45) is 4.14. The van der Waals surface area contributed by atoms with Gasteiger partial charge in [0.05, 0.1) is 17.9 Å². The van der Waals surface area contributed by atoms with E-state index in [1.54, 1.807) is 6.20 Å². The third-order valence-electron chi connectivity index (χ3n) is 2.05. The molecular formula is C7H12N4S. The van der Waals surface area contributed by atoms with Crippen molar-refractivity contribution in [3.8, 4) is 0 Å². The van der Waals surface area contributed by atoms with Crippen LogP contribution in [0.25, 0.3) is 0 Å². The summed E-state index contributed by atoms with van der Waals surface area (Å²) in [6, 6.07) is 0.579. The summed E-state index contributed by atoms with van der Waals surface area (Å²) in [7, 11) is 0. The van der Waals surface area contributed by atoms with E-state index in [1.165, 1.54) is 24.6 Å². The molecule has 2 heterocycles. The fraction of sp³-hybridized carbons (Fsp3) is 0.714. The summed E-state index contributed by atoms with van der Waals surface area (Å²) >= 11 is 1.25. The van der Waals surface area contributed by atoms with Crippen molar-refractivity contribution in [2.75, 3.05) is 18.4 Å². The molecular weight excluding hydrogens is 172 g/mol. The molecule has 0 aromatic carbocycles. The Morgan fingerprint density at radius 1 is 1.50 bits per heavy atom. The third-order valence-corrected chi connectivity index (χ3v) is 2.53. The normalized spacial score (nSPS) is 19.3. The van der Waals surface area contributed by atoms with E-state index < -0.39 is 0 Å². The van der Waals surface area contributed by atoms with E-state index >= 15 is 0 Å². The van der Waals surface area contributed by atoms with Gasteiger partial charge in [0.25, 0.3) is 0 Å². The molecule has 0 radical (unpaired) electrons. The topological polar surface area (TPSA) is 49.8 Å². The Bertz CT molecular complexity index is 217. The first-order valence-electron chi connectivity index (χ1n) is 4.20. The van der Waals surface area contributed by atoms with Crippen LogP contribution in [0.3, 0.4) is 0 Å². The van der Waals surface area contributed by atoms with Crippen LogP contribution in [0.1, 0.15) is 12.8 Å². The molecule has 1 saturated heterocycles. The summed E-state index contributed by atoms with van der Waals surface area (Å²) in [4.78, 5) is 0. The molecule has 2 rings (SSSR count). The van der Waals surface area contributed by atoms with Gasteiger partial charge in [-0.2, -0.15) is 8.75 Å². The third kappa shape index (κ3) is 1.92. The molecule has 1 fully saturated rings. The van der Waals surface area contributed by atoms with E-state index in [9.17, 15) is 0 Å². The zero-order valence-corrected chi connectivity index (χ0v) is 7.60. The first-order valence-corrected chi connectivity index (χ1v) is 4.93. The van der Waals surface area contributed by atoms with Gasteiger partial charge in [-0.3, -0.25) is 0 Å². The quantitative estimate of drug-likeness (QED) is 0.710. The van der Waals surface area contributed by atoms with Gasteiger partial charge in [-0.25, -0.2) is 0 Å². The highest BCUT2D eigenvalue weighted by atomic mass is 32.1. The summed E-state index contributed by atoms with van der Waals surface area (Å²) in [5.74, 6) is 0.923. The Morgan fingerprint density at radius 2 is 2.33 bits per heavy atom. The first-order chi connectivity index (χ1) is 5.95. The van der Waals surface area contributed by atoms with E-state index in [-0.39, 0.29) is 0 Å². The van der Waals surface area contributed by atoms with Crippen LogP contribution in [0.4, 0.5) is 5.82 Å². The maximum atomic E-state index is 4.11. The first kappa shape index (κ1) is 7.94. The van der Waals surface area contributed by atoms with Crippen molar-refractivity contribution in [3.05, 3.63) is 6.20 Å². The van der Waals surface area contributed by atoms with Crippen molar-refractivity contribution in [1.29, 1.82) is 0 Å². The SMILES string of the molecule is c1nsnc1NC1CCNCC1. The Labute approximate surface area is 75.7 Å². The number of hydrogen-bond donors (Lipinski definition) is 2. The average Bonchev–Trinajstić information content (AvgIpc) is 2.59. The van der Waals surface area contributed by atoms with E-state index in [4.69, 9.17) is 0 Å². The fourth-order valence-corrected chi connectivity index (χ4v) is 1.79. The van der Waals surface area contributed by atoms with Crippen molar-refractivity contribution >= 4 is 17.5 Å². The zero-order chi connectivity index (χ0) is 8.23. The van der Waals surface area contributed by atoms with E-state index in [0.29, 0.717) is 6.04 Å². The molecule has 66 valence electrons. The standard InChI is InChI=1S/C7H12N4S/c1-3-8-4-2-6(1)10-7-5-9-12-11-7/h5-6,8H,1-4H2,(H,10,11). The molecule has 12 heavy (non-hydrogen) atoms. The van der Waals surface area contributed by atoms with Gasteiger partial charge in [-0.05, 0) is 25.9 Å². The van der Waals surface area contributed by atoms with Crippen molar-refractivity contribution in [2.45, 2.75) is 18.9 Å². The van der Waals surface area contributed by atoms with Gasteiger partial charge in [-0.15, -0.1) is 0 Å². The molecule has 4 nitrogen and oxygen atoms in total. The smallest absolute Gasteiger partial charge is 0.160 e. The average molecular weight is 184 g/mol. The van der Waals surface area contributed by atoms with Gasteiger partial charge in [0.15, 0.2) is 5.82 Å². The predicted octanol–water partition coefficient (Wildman–Crippen LogP) is 0.702. The Kier molecular flexibility index (Phi) is 2.53. The lowest BCUT2D eigenvalue weighted by molar-refractivity contribution is 0.478. The Balaban J connectivity index is 1.86. The second kappa shape index (κ2) is 3.82. The summed E-state index contributed by atoms with van der Waals surface area (Å²) in [6.45, 7) is 2.21. The lowest BCUT2D eigenvalue weighted by Crippen LogP contribution is -2.35. The van der Waals surface area contributed by atoms with Gasteiger partial charge >= 0.3 is 0 Å². The monoisotopic (exact) mass is 184 g/mol. The predicted molar refractivity (Wildman–Crippen MR) is 49.4 cm³/mol. The van der Waals surface area contributed by atoms with Crippen molar-refractivity contribution < 1.29 is 0 Å². The molecule has 0 spiro atoms. The molecule has 5 heteroatoms. The van der Waals surface area contributed by atoms with Crippen molar-refractivity contribution in [3.63, 3.8) is 0 Å². The minimum Gasteiger partial charge on any atom is -0.365 e. The van der Waals surface area contributed by atoms with Crippen LogP contribution in [0.15, 0.2) is 6.20 Å². The molecule has 0 aliphatic carbocycles. The van der Waals surface area contributed by atoms with E-state index in [1.807, 2.05) is 0 Å². The number of piperidine rings is 1. The fourth-order valence-electron chi connectivity index (χ4n) is 1.40. The van der Waals surface area contributed by atoms with E-state index in [2.05, 4.69) is 19.4 Å². The van der Waals surface area contributed by atoms with Crippen LogP contribution in [0, 0.1) is 0 Å². The lowest BCUT2D eigenvalue weighted by atomic mass is 10.1. The molecule has 0 unspecified atom stereocenters. The largest absolute Gasteiger partial charge is 0.365 e. The summed E-state index contributed by atoms with van der Waals surface area (Å²) in [5, 5.41) is 6.68.